The largest absolute Gasteiger partial charge is 0.379 e. The second-order valence-corrected chi connectivity index (χ2v) is 3.90. The van der Waals surface area contributed by atoms with Crippen LogP contribution in [0.4, 0.5) is 0 Å². The number of likely N-dealkylation sites (N-methyl/N-ethyl adjacent to an activating group) is 1. The monoisotopic (exact) mass is 257 g/mol. The van der Waals surface area contributed by atoms with Crippen molar-refractivity contribution in [2.45, 2.75) is 26.2 Å². The molecule has 7 nitrogen and oxygen atoms in total. The van der Waals surface area contributed by atoms with E-state index in [1.807, 2.05) is 18.9 Å². The van der Waals surface area contributed by atoms with Crippen LogP contribution in [0, 0.1) is 0 Å². The number of hydrogen-bond acceptors (Lipinski definition) is 5. The van der Waals surface area contributed by atoms with Crippen LogP contribution >= 0.6 is 0 Å². The maximum absolute atomic E-state index is 10.8. The van der Waals surface area contributed by atoms with Crippen LogP contribution in [0.15, 0.2) is 9.98 Å². The molecule has 0 aliphatic rings. The van der Waals surface area contributed by atoms with E-state index in [2.05, 4.69) is 20.6 Å². The number of amides is 1. The van der Waals surface area contributed by atoms with Gasteiger partial charge in [0, 0.05) is 20.1 Å². The number of nitrogens with one attached hydrogen (secondary N) is 2. The Labute approximate surface area is 108 Å². The van der Waals surface area contributed by atoms with E-state index in [0.717, 1.165) is 12.8 Å². The highest BCUT2D eigenvalue weighted by molar-refractivity contribution is 6.27. The highest BCUT2D eigenvalue weighted by Crippen LogP contribution is 1.89. The maximum Gasteiger partial charge on any atom is 0.262 e. The molecule has 0 aliphatic heterocycles. The number of carbonyl (C=O) groups excluding carboxylic acids is 1. The van der Waals surface area contributed by atoms with Crippen LogP contribution in [0.3, 0.4) is 0 Å². The molecule has 18 heavy (non-hydrogen) atoms. The number of aliphatic imine (C=N–C) groups is 2. The van der Waals surface area contributed by atoms with Crippen LogP contribution < -0.4 is 10.6 Å². The molecule has 0 radical (unpaired) electrons. The SMILES string of the molecule is CNC(=O)C=NC=NC(C)NCCN(C)C(C)O. The summed E-state index contributed by atoms with van der Waals surface area (Å²) in [5.74, 6) is -0.263. The van der Waals surface area contributed by atoms with Crippen molar-refractivity contribution in [1.82, 2.24) is 15.5 Å². The molecule has 104 valence electrons. The molecule has 0 aliphatic carbocycles. The fraction of sp³-hybridized carbons (Fsp3) is 0.727. The molecule has 3 N–H and O–H groups in total. The van der Waals surface area contributed by atoms with Gasteiger partial charge in [-0.25, -0.2) is 4.99 Å². The Bertz CT molecular complexity index is 291. The lowest BCUT2D eigenvalue weighted by molar-refractivity contribution is -0.113. The molecule has 0 saturated heterocycles. The van der Waals surface area contributed by atoms with Crippen LogP contribution in [-0.2, 0) is 4.79 Å². The third-order valence-electron chi connectivity index (χ3n) is 2.34. The summed E-state index contributed by atoms with van der Waals surface area (Å²) >= 11 is 0. The molecule has 2 atom stereocenters. The maximum atomic E-state index is 10.8. The van der Waals surface area contributed by atoms with Crippen molar-refractivity contribution in [3.05, 3.63) is 0 Å². The molecule has 0 aromatic rings. The van der Waals surface area contributed by atoms with Crippen LogP contribution in [0.1, 0.15) is 13.8 Å². The fourth-order valence-electron chi connectivity index (χ4n) is 0.993. The smallest absolute Gasteiger partial charge is 0.262 e. The Kier molecular flexibility index (Phi) is 8.99. The first-order valence-electron chi connectivity index (χ1n) is 5.85. The van der Waals surface area contributed by atoms with E-state index in [1.165, 1.54) is 13.4 Å². The van der Waals surface area contributed by atoms with Crippen molar-refractivity contribution in [3.8, 4) is 0 Å². The van der Waals surface area contributed by atoms with Crippen LogP contribution in [0.5, 0.6) is 0 Å². The highest BCUT2D eigenvalue weighted by atomic mass is 16.3. The molecule has 0 saturated carbocycles. The molecule has 0 rings (SSSR count). The Balaban J connectivity index is 3.77. The number of hydrogen-bond donors (Lipinski definition) is 3. The van der Waals surface area contributed by atoms with Crippen molar-refractivity contribution in [2.24, 2.45) is 9.98 Å². The summed E-state index contributed by atoms with van der Waals surface area (Å²) in [5.41, 5.74) is 0. The van der Waals surface area contributed by atoms with Gasteiger partial charge in [-0.3, -0.25) is 20.0 Å². The van der Waals surface area contributed by atoms with E-state index in [1.54, 1.807) is 6.92 Å². The number of aliphatic hydroxyl groups is 1. The summed E-state index contributed by atoms with van der Waals surface area (Å²) in [7, 11) is 3.38. The van der Waals surface area contributed by atoms with E-state index < -0.39 is 6.23 Å². The third kappa shape index (κ3) is 8.80. The van der Waals surface area contributed by atoms with E-state index >= 15 is 0 Å². The summed E-state index contributed by atoms with van der Waals surface area (Å²) in [6.45, 7) is 5.03. The first-order valence-corrected chi connectivity index (χ1v) is 5.85. The molecule has 0 fully saturated rings. The van der Waals surface area contributed by atoms with Gasteiger partial charge < -0.3 is 10.4 Å². The summed E-state index contributed by atoms with van der Waals surface area (Å²) in [5, 5.41) is 14.8. The van der Waals surface area contributed by atoms with Crippen LogP contribution in [-0.4, -0.2) is 68.0 Å². The zero-order valence-corrected chi connectivity index (χ0v) is 11.4. The molecule has 1 amide bonds. The summed E-state index contributed by atoms with van der Waals surface area (Å²) in [6, 6.07) is 0. The molecule has 2 unspecified atom stereocenters. The van der Waals surface area contributed by atoms with Crippen molar-refractivity contribution in [2.75, 3.05) is 27.2 Å². The van der Waals surface area contributed by atoms with Gasteiger partial charge in [0.05, 0.1) is 12.4 Å². The van der Waals surface area contributed by atoms with Crippen molar-refractivity contribution in [1.29, 1.82) is 0 Å². The number of rotatable bonds is 8. The summed E-state index contributed by atoms with van der Waals surface area (Å²) in [6.07, 6.45) is 1.96. The van der Waals surface area contributed by atoms with E-state index in [-0.39, 0.29) is 12.1 Å². The third-order valence-corrected chi connectivity index (χ3v) is 2.34. The second kappa shape index (κ2) is 9.69. The molecule has 0 bridgehead atoms. The van der Waals surface area contributed by atoms with E-state index in [4.69, 9.17) is 0 Å². The van der Waals surface area contributed by atoms with Crippen LogP contribution in [0.2, 0.25) is 0 Å². The van der Waals surface area contributed by atoms with Crippen LogP contribution in [0.25, 0.3) is 0 Å². The molecule has 0 spiro atoms. The van der Waals surface area contributed by atoms with Crippen molar-refractivity contribution >= 4 is 18.5 Å². The molecule has 0 aromatic carbocycles. The quantitative estimate of drug-likeness (QED) is 0.297. The summed E-state index contributed by atoms with van der Waals surface area (Å²) in [4.78, 5) is 20.4. The second-order valence-electron chi connectivity index (χ2n) is 3.90. The predicted octanol–water partition coefficient (Wildman–Crippen LogP) is -0.963. The van der Waals surface area contributed by atoms with Gasteiger partial charge >= 0.3 is 0 Å². The zero-order valence-electron chi connectivity index (χ0n) is 11.4. The lowest BCUT2D eigenvalue weighted by Crippen LogP contribution is -2.37. The lowest BCUT2D eigenvalue weighted by atomic mass is 10.4. The minimum Gasteiger partial charge on any atom is -0.379 e. The van der Waals surface area contributed by atoms with Gasteiger partial charge in [0.25, 0.3) is 5.91 Å². The average Bonchev–Trinajstić information content (AvgIpc) is 2.33. The number of nitrogens with zero attached hydrogens (tertiary/aromatic N) is 3. The molecular weight excluding hydrogens is 234 g/mol. The van der Waals surface area contributed by atoms with Crippen molar-refractivity contribution in [3.63, 3.8) is 0 Å². The predicted molar refractivity (Wildman–Crippen MR) is 72.8 cm³/mol. The Morgan fingerprint density at radius 2 is 2.17 bits per heavy atom. The number of aliphatic hydroxyl groups excluding tert-OH is 1. The normalized spacial score (nSPS) is 15.4. The van der Waals surface area contributed by atoms with Gasteiger partial charge in [-0.15, -0.1) is 0 Å². The standard InChI is InChI=1S/C11H23N5O2/c1-9(14-5-6-16(4)10(2)17)15-8-13-7-11(18)12-3/h7-10,14,17H,5-6H2,1-4H3,(H,12,18). The highest BCUT2D eigenvalue weighted by Gasteiger charge is 2.04. The zero-order chi connectivity index (χ0) is 14.0. The Morgan fingerprint density at radius 3 is 2.72 bits per heavy atom. The number of carbonyl (C=O) groups is 1. The minimum absolute atomic E-state index is 0.0887. The molecule has 0 aromatic heterocycles. The van der Waals surface area contributed by atoms with Crippen molar-refractivity contribution < 1.29 is 9.90 Å². The van der Waals surface area contributed by atoms with Gasteiger partial charge in [0.2, 0.25) is 0 Å². The van der Waals surface area contributed by atoms with Gasteiger partial charge in [0.15, 0.2) is 0 Å². The average molecular weight is 257 g/mol. The molecule has 7 heteroatoms. The first kappa shape index (κ1) is 16.7. The van der Waals surface area contributed by atoms with Gasteiger partial charge in [-0.2, -0.15) is 0 Å². The first-order chi connectivity index (χ1) is 8.47. The fourth-order valence-corrected chi connectivity index (χ4v) is 0.993. The Hall–Kier alpha value is -1.31. The van der Waals surface area contributed by atoms with E-state index in [9.17, 15) is 9.90 Å². The summed E-state index contributed by atoms with van der Waals surface area (Å²) < 4.78 is 0. The van der Waals surface area contributed by atoms with E-state index in [0.29, 0.717) is 6.54 Å². The molecular formula is C11H23N5O2. The molecule has 0 heterocycles. The topological polar surface area (TPSA) is 89.3 Å². The lowest BCUT2D eigenvalue weighted by Gasteiger charge is -2.20. The van der Waals surface area contributed by atoms with Gasteiger partial charge in [-0.1, -0.05) is 0 Å². The minimum atomic E-state index is -0.456. The van der Waals surface area contributed by atoms with Gasteiger partial charge in [0.1, 0.15) is 12.6 Å². The Morgan fingerprint density at radius 1 is 1.50 bits per heavy atom. The van der Waals surface area contributed by atoms with Gasteiger partial charge in [-0.05, 0) is 20.9 Å².